The molecule has 1 N–H and O–H groups in total. The Hall–Kier alpha value is -1.75. The number of rotatable bonds is 3. The monoisotopic (exact) mass is 262 g/mol. The molecule has 0 aliphatic heterocycles. The van der Waals surface area contributed by atoms with Crippen molar-refractivity contribution in [3.8, 4) is 10.7 Å². The van der Waals surface area contributed by atoms with E-state index >= 15 is 0 Å². The van der Waals surface area contributed by atoms with Gasteiger partial charge in [0.05, 0.1) is 5.69 Å². The minimum absolute atomic E-state index is 0.314. The van der Waals surface area contributed by atoms with Gasteiger partial charge in [-0.25, -0.2) is 9.78 Å². The molecular formula is C13H14N2O2S. The fourth-order valence-corrected chi connectivity index (χ4v) is 2.85. The van der Waals surface area contributed by atoms with Crippen molar-refractivity contribution in [2.75, 3.05) is 0 Å². The molecule has 0 aliphatic rings. The third-order valence-electron chi connectivity index (χ3n) is 2.64. The van der Waals surface area contributed by atoms with Gasteiger partial charge in [-0.15, -0.1) is 11.3 Å². The molecule has 0 bridgehead atoms. The van der Waals surface area contributed by atoms with Crippen molar-refractivity contribution in [2.45, 2.75) is 27.2 Å². The first-order valence-corrected chi connectivity index (χ1v) is 6.51. The minimum Gasteiger partial charge on any atom is -0.477 e. The highest BCUT2D eigenvalue weighted by molar-refractivity contribution is 7.17. The Morgan fingerprint density at radius 2 is 2.17 bits per heavy atom. The quantitative estimate of drug-likeness (QED) is 0.923. The summed E-state index contributed by atoms with van der Waals surface area (Å²) in [5.41, 5.74) is 3.50. The van der Waals surface area contributed by atoms with Crippen LogP contribution in [0.2, 0.25) is 0 Å². The van der Waals surface area contributed by atoms with E-state index in [4.69, 9.17) is 5.11 Å². The summed E-state index contributed by atoms with van der Waals surface area (Å²) in [7, 11) is 0. The topological polar surface area (TPSA) is 63.1 Å². The second-order valence-electron chi connectivity index (χ2n) is 4.13. The number of aromatic nitrogens is 2. The molecule has 0 saturated carbocycles. The molecule has 2 aromatic rings. The van der Waals surface area contributed by atoms with Crippen molar-refractivity contribution >= 4 is 17.3 Å². The summed E-state index contributed by atoms with van der Waals surface area (Å²) in [6, 6.07) is 2.02. The second kappa shape index (κ2) is 4.86. The summed E-state index contributed by atoms with van der Waals surface area (Å²) >= 11 is 1.19. The summed E-state index contributed by atoms with van der Waals surface area (Å²) in [5.74, 6) is -0.916. The Morgan fingerprint density at radius 1 is 1.44 bits per heavy atom. The van der Waals surface area contributed by atoms with Crippen LogP contribution >= 0.6 is 11.3 Å². The summed E-state index contributed by atoms with van der Waals surface area (Å²) in [5, 5.41) is 9.80. The van der Waals surface area contributed by atoms with Crippen molar-refractivity contribution in [2.24, 2.45) is 0 Å². The molecule has 0 aliphatic carbocycles. The zero-order valence-electron chi connectivity index (χ0n) is 10.5. The predicted molar refractivity (Wildman–Crippen MR) is 71.2 cm³/mol. The van der Waals surface area contributed by atoms with Crippen molar-refractivity contribution in [1.29, 1.82) is 0 Å². The van der Waals surface area contributed by atoms with E-state index in [2.05, 4.69) is 9.97 Å². The zero-order valence-corrected chi connectivity index (χ0v) is 11.3. The molecule has 0 aromatic carbocycles. The van der Waals surface area contributed by atoms with Crippen LogP contribution in [0.4, 0.5) is 0 Å². The van der Waals surface area contributed by atoms with Gasteiger partial charge < -0.3 is 5.11 Å². The number of pyridine rings is 1. The van der Waals surface area contributed by atoms with Gasteiger partial charge in [-0.05, 0) is 31.4 Å². The van der Waals surface area contributed by atoms with Crippen LogP contribution in [-0.2, 0) is 6.42 Å². The first kappa shape index (κ1) is 12.7. The third-order valence-corrected chi connectivity index (χ3v) is 3.74. The van der Waals surface area contributed by atoms with E-state index in [0.717, 1.165) is 16.8 Å². The number of hydrogen-bond acceptors (Lipinski definition) is 4. The number of hydrogen-bond donors (Lipinski definition) is 1. The molecule has 2 aromatic heterocycles. The number of carbonyl (C=O) groups is 1. The van der Waals surface area contributed by atoms with E-state index in [-0.39, 0.29) is 0 Å². The number of nitrogens with zero attached hydrogens (tertiary/aromatic N) is 2. The maximum absolute atomic E-state index is 11.1. The highest BCUT2D eigenvalue weighted by Gasteiger charge is 2.18. The maximum atomic E-state index is 11.1. The van der Waals surface area contributed by atoms with Gasteiger partial charge in [0.15, 0.2) is 0 Å². The normalized spacial score (nSPS) is 10.6. The van der Waals surface area contributed by atoms with Crippen LogP contribution in [0.3, 0.4) is 0 Å². The number of aromatic carboxylic acids is 1. The largest absolute Gasteiger partial charge is 0.477 e. The molecule has 94 valence electrons. The molecule has 0 amide bonds. The van der Waals surface area contributed by atoms with Gasteiger partial charge in [0.2, 0.25) is 0 Å². The zero-order chi connectivity index (χ0) is 13.3. The molecule has 0 saturated heterocycles. The molecule has 4 nitrogen and oxygen atoms in total. The van der Waals surface area contributed by atoms with Crippen LogP contribution < -0.4 is 0 Å². The second-order valence-corrected chi connectivity index (χ2v) is 5.13. The summed E-state index contributed by atoms with van der Waals surface area (Å²) in [6.07, 6.45) is 2.39. The molecule has 0 atom stereocenters. The molecule has 5 heteroatoms. The van der Waals surface area contributed by atoms with Gasteiger partial charge in [-0.1, -0.05) is 13.0 Å². The van der Waals surface area contributed by atoms with Crippen molar-refractivity contribution in [3.05, 3.63) is 34.0 Å². The lowest BCUT2D eigenvalue weighted by atomic mass is 10.2. The lowest BCUT2D eigenvalue weighted by molar-refractivity contribution is 0.0701. The van der Waals surface area contributed by atoms with Crippen LogP contribution in [0.5, 0.6) is 0 Å². The highest BCUT2D eigenvalue weighted by Crippen LogP contribution is 2.29. The first-order valence-electron chi connectivity index (χ1n) is 5.69. The van der Waals surface area contributed by atoms with Crippen LogP contribution in [0.15, 0.2) is 12.3 Å². The van der Waals surface area contributed by atoms with Crippen LogP contribution in [-0.4, -0.2) is 21.0 Å². The van der Waals surface area contributed by atoms with Gasteiger partial charge in [0, 0.05) is 6.20 Å². The molecular weight excluding hydrogens is 248 g/mol. The Morgan fingerprint density at radius 3 is 2.67 bits per heavy atom. The Balaban J connectivity index is 2.54. The van der Waals surface area contributed by atoms with Gasteiger partial charge in [0.25, 0.3) is 0 Å². The van der Waals surface area contributed by atoms with E-state index in [0.29, 0.717) is 22.0 Å². The molecule has 0 radical (unpaired) electrons. The van der Waals surface area contributed by atoms with Gasteiger partial charge in [0.1, 0.15) is 15.6 Å². The number of aryl methyl sites for hydroxylation is 3. The fourth-order valence-electron chi connectivity index (χ4n) is 1.80. The Kier molecular flexibility index (Phi) is 3.43. The van der Waals surface area contributed by atoms with Gasteiger partial charge in [-0.2, -0.15) is 0 Å². The average Bonchev–Trinajstić information content (AvgIpc) is 2.73. The summed E-state index contributed by atoms with van der Waals surface area (Å²) in [4.78, 5) is 20.2. The van der Waals surface area contributed by atoms with E-state index in [1.165, 1.54) is 11.3 Å². The molecule has 2 rings (SSSR count). The van der Waals surface area contributed by atoms with Crippen LogP contribution in [0, 0.1) is 13.8 Å². The molecule has 2 heterocycles. The van der Waals surface area contributed by atoms with Gasteiger partial charge >= 0.3 is 5.97 Å². The fraction of sp³-hybridized carbons (Fsp3) is 0.308. The van der Waals surface area contributed by atoms with Crippen molar-refractivity contribution in [3.63, 3.8) is 0 Å². The highest BCUT2D eigenvalue weighted by atomic mass is 32.1. The van der Waals surface area contributed by atoms with E-state index in [9.17, 15) is 4.79 Å². The molecule has 18 heavy (non-hydrogen) atoms. The average molecular weight is 262 g/mol. The predicted octanol–water partition coefficient (Wildman–Crippen LogP) is 3.08. The first-order chi connectivity index (χ1) is 8.52. The number of carboxylic acid groups (broad SMARTS) is 1. The van der Waals surface area contributed by atoms with E-state index in [1.54, 1.807) is 6.20 Å². The number of carboxylic acids is 1. The Labute approximate surface area is 109 Å². The molecule has 0 fully saturated rings. The smallest absolute Gasteiger partial charge is 0.347 e. The van der Waals surface area contributed by atoms with E-state index < -0.39 is 5.97 Å². The van der Waals surface area contributed by atoms with Crippen LogP contribution in [0.25, 0.3) is 10.7 Å². The third kappa shape index (κ3) is 2.26. The standard InChI is InChI=1S/C13H14N2O2S/c1-4-9-11(13(16)17)18-12(15-9)10-8(3)5-7(2)6-14-10/h5-6H,4H2,1-3H3,(H,16,17). The summed E-state index contributed by atoms with van der Waals surface area (Å²) < 4.78 is 0. The SMILES string of the molecule is CCc1nc(-c2ncc(C)cc2C)sc1C(=O)O. The summed E-state index contributed by atoms with van der Waals surface area (Å²) in [6.45, 7) is 5.84. The lowest BCUT2D eigenvalue weighted by Gasteiger charge is -2.01. The van der Waals surface area contributed by atoms with Crippen molar-refractivity contribution < 1.29 is 9.90 Å². The number of thiazole rings is 1. The van der Waals surface area contributed by atoms with Crippen molar-refractivity contribution in [1.82, 2.24) is 9.97 Å². The van der Waals surface area contributed by atoms with E-state index in [1.807, 2.05) is 26.8 Å². The van der Waals surface area contributed by atoms with Crippen LogP contribution in [0.1, 0.15) is 33.4 Å². The lowest BCUT2D eigenvalue weighted by Crippen LogP contribution is -1.97. The Bertz CT molecular complexity index is 605. The molecule has 0 spiro atoms. The minimum atomic E-state index is -0.916. The maximum Gasteiger partial charge on any atom is 0.347 e. The molecule has 0 unspecified atom stereocenters. The van der Waals surface area contributed by atoms with Gasteiger partial charge in [-0.3, -0.25) is 4.98 Å².